The molecule has 0 unspecified atom stereocenters. The summed E-state index contributed by atoms with van der Waals surface area (Å²) < 4.78 is 2.19. The molecule has 0 fully saturated rings. The van der Waals surface area contributed by atoms with Gasteiger partial charge in [0.2, 0.25) is 0 Å². The van der Waals surface area contributed by atoms with E-state index in [0.29, 0.717) is 5.75 Å². The standard InChI is InChI=1S/C18H15NO2/c1-2-19-16-10-11(20)6-7-12(16)15-9-8-13-14(18(15)19)4-3-5-17(13)21/h3-10,20-21H,2H2,1H3. The zero-order valence-electron chi connectivity index (χ0n) is 11.7. The van der Waals surface area contributed by atoms with Gasteiger partial charge in [-0.2, -0.15) is 0 Å². The SMILES string of the molecule is CCn1c2cc(O)ccc2c2ccc3c(O)cccc3c21. The van der Waals surface area contributed by atoms with Crippen LogP contribution in [0.3, 0.4) is 0 Å². The summed E-state index contributed by atoms with van der Waals surface area (Å²) in [5, 5.41) is 24.0. The Bertz CT molecular complexity index is 999. The fourth-order valence-electron chi connectivity index (χ4n) is 3.25. The predicted molar refractivity (Wildman–Crippen MR) is 86.0 cm³/mol. The number of nitrogens with zero attached hydrogens (tertiary/aromatic N) is 1. The minimum absolute atomic E-state index is 0.271. The monoisotopic (exact) mass is 277 g/mol. The Labute approximate surface area is 121 Å². The van der Waals surface area contributed by atoms with Gasteiger partial charge in [-0.1, -0.05) is 18.2 Å². The molecule has 3 heteroatoms. The number of fused-ring (bicyclic) bond motifs is 5. The highest BCUT2D eigenvalue weighted by Crippen LogP contribution is 2.37. The fraction of sp³-hybridized carbons (Fsp3) is 0.111. The highest BCUT2D eigenvalue weighted by molar-refractivity contribution is 6.18. The normalized spacial score (nSPS) is 11.7. The van der Waals surface area contributed by atoms with Crippen LogP contribution in [0.2, 0.25) is 0 Å². The van der Waals surface area contributed by atoms with Crippen LogP contribution in [0.4, 0.5) is 0 Å². The van der Waals surface area contributed by atoms with E-state index in [0.717, 1.165) is 39.1 Å². The van der Waals surface area contributed by atoms with Crippen LogP contribution in [0.25, 0.3) is 32.6 Å². The first-order valence-corrected chi connectivity index (χ1v) is 7.06. The molecule has 0 amide bonds. The summed E-state index contributed by atoms with van der Waals surface area (Å²) in [4.78, 5) is 0. The molecule has 0 radical (unpaired) electrons. The molecule has 1 aromatic heterocycles. The summed E-state index contributed by atoms with van der Waals surface area (Å²) in [6, 6.07) is 15.1. The van der Waals surface area contributed by atoms with Crippen molar-refractivity contribution in [3.63, 3.8) is 0 Å². The van der Waals surface area contributed by atoms with E-state index in [1.54, 1.807) is 18.2 Å². The van der Waals surface area contributed by atoms with Gasteiger partial charge in [0, 0.05) is 34.2 Å². The molecule has 0 saturated carbocycles. The second-order valence-electron chi connectivity index (χ2n) is 5.28. The largest absolute Gasteiger partial charge is 0.508 e. The maximum atomic E-state index is 10.1. The van der Waals surface area contributed by atoms with Crippen LogP contribution in [0, 0.1) is 0 Å². The molecule has 0 aliphatic rings. The molecule has 3 aromatic carbocycles. The first-order chi connectivity index (χ1) is 10.2. The highest BCUT2D eigenvalue weighted by Gasteiger charge is 2.13. The van der Waals surface area contributed by atoms with Gasteiger partial charge in [-0.3, -0.25) is 0 Å². The van der Waals surface area contributed by atoms with Crippen LogP contribution < -0.4 is 0 Å². The lowest BCUT2D eigenvalue weighted by molar-refractivity contribution is 0.476. The third-order valence-electron chi connectivity index (χ3n) is 4.16. The number of hydrogen-bond acceptors (Lipinski definition) is 2. The van der Waals surface area contributed by atoms with Crippen molar-refractivity contribution >= 4 is 32.6 Å². The van der Waals surface area contributed by atoms with Gasteiger partial charge in [0.05, 0.1) is 11.0 Å². The molecular formula is C18H15NO2. The second kappa shape index (κ2) is 4.16. The van der Waals surface area contributed by atoms with E-state index in [1.165, 1.54) is 0 Å². The van der Waals surface area contributed by atoms with E-state index >= 15 is 0 Å². The molecule has 0 atom stereocenters. The van der Waals surface area contributed by atoms with Crippen LogP contribution in [0.1, 0.15) is 6.92 Å². The Morgan fingerprint density at radius 2 is 1.57 bits per heavy atom. The van der Waals surface area contributed by atoms with Gasteiger partial charge in [-0.05, 0) is 31.2 Å². The lowest BCUT2D eigenvalue weighted by Gasteiger charge is -2.07. The Morgan fingerprint density at radius 1 is 0.857 bits per heavy atom. The molecule has 3 nitrogen and oxygen atoms in total. The number of aromatic hydroxyl groups is 2. The summed E-state index contributed by atoms with van der Waals surface area (Å²) in [5.41, 5.74) is 2.12. The molecule has 0 aliphatic heterocycles. The number of benzene rings is 3. The van der Waals surface area contributed by atoms with E-state index in [9.17, 15) is 10.2 Å². The van der Waals surface area contributed by atoms with Crippen molar-refractivity contribution in [3.05, 3.63) is 48.5 Å². The maximum absolute atomic E-state index is 10.1. The van der Waals surface area contributed by atoms with Crippen LogP contribution in [-0.2, 0) is 6.54 Å². The summed E-state index contributed by atoms with van der Waals surface area (Å²) in [6.07, 6.45) is 0. The van der Waals surface area contributed by atoms with Gasteiger partial charge in [-0.25, -0.2) is 0 Å². The second-order valence-corrected chi connectivity index (χ2v) is 5.28. The average molecular weight is 277 g/mol. The van der Waals surface area contributed by atoms with Crippen molar-refractivity contribution in [2.45, 2.75) is 13.5 Å². The molecular weight excluding hydrogens is 262 g/mol. The summed E-state index contributed by atoms with van der Waals surface area (Å²) >= 11 is 0. The molecule has 0 saturated heterocycles. The molecule has 4 rings (SSSR count). The molecule has 0 aliphatic carbocycles. The van der Waals surface area contributed by atoms with Gasteiger partial charge in [0.25, 0.3) is 0 Å². The molecule has 104 valence electrons. The number of aryl methyl sites for hydroxylation is 1. The van der Waals surface area contributed by atoms with Gasteiger partial charge in [0.1, 0.15) is 11.5 Å². The lowest BCUT2D eigenvalue weighted by atomic mass is 10.1. The van der Waals surface area contributed by atoms with E-state index in [2.05, 4.69) is 11.5 Å². The van der Waals surface area contributed by atoms with Crippen molar-refractivity contribution in [1.82, 2.24) is 4.57 Å². The van der Waals surface area contributed by atoms with Crippen LogP contribution >= 0.6 is 0 Å². The number of aromatic nitrogens is 1. The number of hydrogen-bond donors (Lipinski definition) is 2. The molecule has 0 bridgehead atoms. The topological polar surface area (TPSA) is 45.4 Å². The smallest absolute Gasteiger partial charge is 0.123 e. The molecule has 0 spiro atoms. The first-order valence-electron chi connectivity index (χ1n) is 7.06. The Hall–Kier alpha value is -2.68. The van der Waals surface area contributed by atoms with Crippen LogP contribution in [0.15, 0.2) is 48.5 Å². The maximum Gasteiger partial charge on any atom is 0.123 e. The Morgan fingerprint density at radius 3 is 2.38 bits per heavy atom. The summed E-state index contributed by atoms with van der Waals surface area (Å²) in [5.74, 6) is 0.567. The third kappa shape index (κ3) is 1.54. The number of phenolic OH excluding ortho intramolecular Hbond substituents is 2. The van der Waals surface area contributed by atoms with Crippen molar-refractivity contribution in [2.75, 3.05) is 0 Å². The fourth-order valence-corrected chi connectivity index (χ4v) is 3.25. The number of rotatable bonds is 1. The molecule has 1 heterocycles. The minimum atomic E-state index is 0.271. The number of phenols is 2. The van der Waals surface area contributed by atoms with Crippen LogP contribution in [0.5, 0.6) is 11.5 Å². The first kappa shape index (κ1) is 12.1. The van der Waals surface area contributed by atoms with E-state index in [4.69, 9.17) is 0 Å². The highest BCUT2D eigenvalue weighted by atomic mass is 16.3. The molecule has 21 heavy (non-hydrogen) atoms. The third-order valence-corrected chi connectivity index (χ3v) is 4.16. The quantitative estimate of drug-likeness (QED) is 0.542. The molecule has 4 aromatic rings. The van der Waals surface area contributed by atoms with Crippen molar-refractivity contribution in [2.24, 2.45) is 0 Å². The van der Waals surface area contributed by atoms with Gasteiger partial charge in [0.15, 0.2) is 0 Å². The van der Waals surface area contributed by atoms with E-state index in [1.807, 2.05) is 30.3 Å². The zero-order valence-corrected chi connectivity index (χ0v) is 11.7. The zero-order chi connectivity index (χ0) is 14.6. The van der Waals surface area contributed by atoms with E-state index < -0.39 is 0 Å². The van der Waals surface area contributed by atoms with Gasteiger partial charge in [-0.15, -0.1) is 0 Å². The molecule has 2 N–H and O–H groups in total. The summed E-state index contributed by atoms with van der Waals surface area (Å²) in [7, 11) is 0. The van der Waals surface area contributed by atoms with Crippen molar-refractivity contribution in [3.8, 4) is 11.5 Å². The Kier molecular flexibility index (Phi) is 2.39. The average Bonchev–Trinajstić information content (AvgIpc) is 2.80. The Balaban J connectivity index is 2.33. The van der Waals surface area contributed by atoms with Crippen molar-refractivity contribution < 1.29 is 10.2 Å². The minimum Gasteiger partial charge on any atom is -0.508 e. The van der Waals surface area contributed by atoms with Gasteiger partial charge >= 0.3 is 0 Å². The predicted octanol–water partition coefficient (Wildman–Crippen LogP) is 4.38. The van der Waals surface area contributed by atoms with E-state index in [-0.39, 0.29) is 5.75 Å². The van der Waals surface area contributed by atoms with Gasteiger partial charge < -0.3 is 14.8 Å². The van der Waals surface area contributed by atoms with Crippen molar-refractivity contribution in [1.29, 1.82) is 0 Å². The van der Waals surface area contributed by atoms with Crippen LogP contribution in [-0.4, -0.2) is 14.8 Å². The summed E-state index contributed by atoms with van der Waals surface area (Å²) in [6.45, 7) is 2.89. The lowest BCUT2D eigenvalue weighted by Crippen LogP contribution is -1.93.